The fraction of sp³-hybridized carbons (Fsp3) is 0.583. The van der Waals surface area contributed by atoms with E-state index in [1.54, 1.807) is 0 Å². The Morgan fingerprint density at radius 1 is 1.29 bits per heavy atom. The topological polar surface area (TPSA) is 23.8 Å². The smallest absolute Gasteiger partial charge is 0.138 e. The van der Waals surface area contributed by atoms with Gasteiger partial charge < -0.3 is 0 Å². The Morgan fingerprint density at radius 2 is 1.93 bits per heavy atom. The minimum atomic E-state index is 0.648. The lowest BCUT2D eigenvalue weighted by molar-refractivity contribution is 0.707. The second-order valence-corrected chi connectivity index (χ2v) is 4.13. The number of allylic oxidation sites excluding steroid dienone is 4. The molecule has 1 aliphatic rings. The number of nitrogens with zero attached hydrogens (tertiary/aromatic N) is 1. The number of hydrogen-bond acceptors (Lipinski definition) is 2. The highest BCUT2D eigenvalue weighted by Crippen LogP contribution is 2.29. The van der Waals surface area contributed by atoms with E-state index in [4.69, 9.17) is 5.26 Å². The molecule has 0 aromatic carbocycles. The number of rotatable bonds is 2. The molecule has 0 bridgehead atoms. The lowest BCUT2D eigenvalue weighted by Crippen LogP contribution is -1.97. The second-order valence-electron chi connectivity index (χ2n) is 3.22. The lowest BCUT2D eigenvalue weighted by Gasteiger charge is -2.14. The van der Waals surface area contributed by atoms with Gasteiger partial charge in [0.15, 0.2) is 0 Å². The molecule has 0 aromatic rings. The van der Waals surface area contributed by atoms with Crippen LogP contribution in [0.3, 0.4) is 0 Å². The normalized spacial score (nSPS) is 14.9. The number of nitriles is 1. The van der Waals surface area contributed by atoms with E-state index in [0.29, 0.717) is 5.92 Å². The third kappa shape index (κ3) is 4.53. The van der Waals surface area contributed by atoms with Gasteiger partial charge in [-0.1, -0.05) is 45.4 Å². The lowest BCUT2D eigenvalue weighted by atomic mass is 9.95. The average molecular weight is 209 g/mol. The van der Waals surface area contributed by atoms with E-state index in [9.17, 15) is 0 Å². The first-order chi connectivity index (χ1) is 6.74. The van der Waals surface area contributed by atoms with Crippen molar-refractivity contribution in [2.45, 2.75) is 40.5 Å². The molecule has 78 valence electrons. The summed E-state index contributed by atoms with van der Waals surface area (Å²) in [6.45, 7) is 8.42. The van der Waals surface area contributed by atoms with Crippen LogP contribution < -0.4 is 0 Å². The Bertz CT molecular complexity index is 256. The maximum absolute atomic E-state index is 8.45. The average Bonchev–Trinajstić information content (AvgIpc) is 2.22. The molecule has 1 nitrogen and oxygen atoms in total. The predicted octanol–water partition coefficient (Wildman–Crippen LogP) is 4.49. The summed E-state index contributed by atoms with van der Waals surface area (Å²) >= 11 is 1.29. The Labute approximate surface area is 91.9 Å². The molecule has 14 heavy (non-hydrogen) atoms. The molecule has 0 amide bonds. The zero-order chi connectivity index (χ0) is 11.0. The molecular formula is C12H19NS. The molecule has 0 spiro atoms. The summed E-state index contributed by atoms with van der Waals surface area (Å²) in [6.07, 6.45) is 6.40. The molecular weight excluding hydrogens is 190 g/mol. The van der Waals surface area contributed by atoms with Gasteiger partial charge in [0.1, 0.15) is 5.40 Å². The maximum Gasteiger partial charge on any atom is 0.138 e. The van der Waals surface area contributed by atoms with Crippen molar-refractivity contribution in [2.75, 3.05) is 0 Å². The van der Waals surface area contributed by atoms with Crippen molar-refractivity contribution in [2.24, 2.45) is 5.92 Å². The van der Waals surface area contributed by atoms with Gasteiger partial charge in [0.05, 0.1) is 0 Å². The summed E-state index contributed by atoms with van der Waals surface area (Å²) < 4.78 is 0. The van der Waals surface area contributed by atoms with Crippen LogP contribution in [0.1, 0.15) is 40.5 Å². The largest absolute Gasteiger partial charge is 0.185 e. The van der Waals surface area contributed by atoms with Gasteiger partial charge >= 0.3 is 0 Å². The first kappa shape index (κ1) is 13.3. The van der Waals surface area contributed by atoms with Gasteiger partial charge in [0.2, 0.25) is 0 Å². The summed E-state index contributed by atoms with van der Waals surface area (Å²) in [5.41, 5.74) is 1.50. The number of hydrogen-bond donors (Lipinski definition) is 0. The van der Waals surface area contributed by atoms with E-state index in [1.807, 2.05) is 13.8 Å². The molecule has 2 heteroatoms. The highest BCUT2D eigenvalue weighted by molar-refractivity contribution is 8.07. The zero-order valence-corrected chi connectivity index (χ0v) is 10.3. The van der Waals surface area contributed by atoms with E-state index in [1.165, 1.54) is 22.2 Å². The van der Waals surface area contributed by atoms with E-state index in [-0.39, 0.29) is 0 Å². The SMILES string of the molecule is CC.CC(C)C1=CC=C(SC#N)CC1. The van der Waals surface area contributed by atoms with Crippen LogP contribution in [0.4, 0.5) is 0 Å². The molecule has 0 unspecified atom stereocenters. The van der Waals surface area contributed by atoms with Gasteiger partial charge in [-0.15, -0.1) is 0 Å². The Morgan fingerprint density at radius 3 is 2.29 bits per heavy atom. The van der Waals surface area contributed by atoms with E-state index >= 15 is 0 Å². The molecule has 0 aromatic heterocycles. The van der Waals surface area contributed by atoms with Crippen molar-refractivity contribution in [3.05, 3.63) is 22.6 Å². The molecule has 1 rings (SSSR count). The van der Waals surface area contributed by atoms with Gasteiger partial charge in [-0.2, -0.15) is 5.26 Å². The molecule has 0 saturated heterocycles. The Kier molecular flexibility index (Phi) is 7.32. The third-order valence-corrected chi connectivity index (χ3v) is 2.76. The van der Waals surface area contributed by atoms with E-state index < -0.39 is 0 Å². The van der Waals surface area contributed by atoms with Crippen molar-refractivity contribution in [1.82, 2.24) is 0 Å². The van der Waals surface area contributed by atoms with Gasteiger partial charge in [-0.25, -0.2) is 0 Å². The van der Waals surface area contributed by atoms with Crippen LogP contribution in [-0.4, -0.2) is 0 Å². The summed E-state index contributed by atoms with van der Waals surface area (Å²) in [5, 5.41) is 10.5. The van der Waals surface area contributed by atoms with Crippen LogP contribution in [0.15, 0.2) is 22.6 Å². The maximum atomic E-state index is 8.45. The van der Waals surface area contributed by atoms with Gasteiger partial charge in [0.25, 0.3) is 0 Å². The summed E-state index contributed by atoms with van der Waals surface area (Å²) in [6, 6.07) is 0. The minimum Gasteiger partial charge on any atom is -0.185 e. The van der Waals surface area contributed by atoms with Crippen molar-refractivity contribution < 1.29 is 0 Å². The molecule has 0 saturated carbocycles. The molecule has 0 atom stereocenters. The van der Waals surface area contributed by atoms with Crippen LogP contribution in [0.5, 0.6) is 0 Å². The van der Waals surface area contributed by atoms with Crippen molar-refractivity contribution >= 4 is 11.8 Å². The van der Waals surface area contributed by atoms with Gasteiger partial charge in [-0.3, -0.25) is 0 Å². The highest BCUT2D eigenvalue weighted by atomic mass is 32.2. The molecule has 0 fully saturated rings. The highest BCUT2D eigenvalue weighted by Gasteiger charge is 2.08. The fourth-order valence-electron chi connectivity index (χ4n) is 1.26. The first-order valence-corrected chi connectivity index (χ1v) is 6.01. The Hall–Kier alpha value is -0.680. The van der Waals surface area contributed by atoms with Crippen molar-refractivity contribution in [3.8, 4) is 5.40 Å². The van der Waals surface area contributed by atoms with Crippen LogP contribution in [0, 0.1) is 16.6 Å². The van der Waals surface area contributed by atoms with E-state index in [2.05, 4.69) is 31.4 Å². The molecule has 1 aliphatic carbocycles. The fourth-order valence-corrected chi connectivity index (χ4v) is 1.72. The number of thiocyanates is 1. The molecule has 0 heterocycles. The summed E-state index contributed by atoms with van der Waals surface area (Å²) in [7, 11) is 0. The van der Waals surface area contributed by atoms with Crippen molar-refractivity contribution in [3.63, 3.8) is 0 Å². The summed E-state index contributed by atoms with van der Waals surface area (Å²) in [5.74, 6) is 0.648. The van der Waals surface area contributed by atoms with Crippen molar-refractivity contribution in [1.29, 1.82) is 5.26 Å². The van der Waals surface area contributed by atoms with E-state index in [0.717, 1.165) is 12.8 Å². The second kappa shape index (κ2) is 7.70. The quantitative estimate of drug-likeness (QED) is 0.626. The standard InChI is InChI=1S/C10H13NS.C2H6/c1-8(2)9-3-5-10(6-4-9)12-7-11;1-2/h3,5,8H,4,6H2,1-2H3;1-2H3. The third-order valence-electron chi connectivity index (χ3n) is 2.06. The summed E-state index contributed by atoms with van der Waals surface area (Å²) in [4.78, 5) is 1.20. The molecule has 0 aliphatic heterocycles. The molecule has 0 radical (unpaired) electrons. The first-order valence-electron chi connectivity index (χ1n) is 5.19. The predicted molar refractivity (Wildman–Crippen MR) is 64.8 cm³/mol. The van der Waals surface area contributed by atoms with Gasteiger partial charge in [-0.05, 0) is 30.5 Å². The van der Waals surface area contributed by atoms with Gasteiger partial charge in [0, 0.05) is 4.91 Å². The minimum absolute atomic E-state index is 0.648. The van der Waals surface area contributed by atoms with Crippen LogP contribution in [-0.2, 0) is 0 Å². The monoisotopic (exact) mass is 209 g/mol. The number of thioether (sulfide) groups is 1. The van der Waals surface area contributed by atoms with Crippen LogP contribution in [0.25, 0.3) is 0 Å². The van der Waals surface area contributed by atoms with Crippen LogP contribution in [0.2, 0.25) is 0 Å². The zero-order valence-electron chi connectivity index (χ0n) is 9.50. The van der Waals surface area contributed by atoms with Crippen LogP contribution >= 0.6 is 11.8 Å². The Balaban J connectivity index is 0.000000791. The molecule has 0 N–H and O–H groups in total.